The lowest BCUT2D eigenvalue weighted by Crippen LogP contribution is -2.43. The van der Waals surface area contributed by atoms with Crippen molar-refractivity contribution in [3.8, 4) is 0 Å². The molecule has 1 saturated carbocycles. The van der Waals surface area contributed by atoms with Gasteiger partial charge in [0, 0.05) is 26.2 Å². The van der Waals surface area contributed by atoms with Crippen LogP contribution in [0, 0.1) is 30.6 Å². The number of rotatable bonds is 5. The van der Waals surface area contributed by atoms with Crippen LogP contribution in [0.3, 0.4) is 0 Å². The van der Waals surface area contributed by atoms with Crippen LogP contribution in [0.2, 0.25) is 0 Å². The van der Waals surface area contributed by atoms with Crippen molar-refractivity contribution in [2.75, 3.05) is 20.1 Å². The zero-order valence-corrected chi connectivity index (χ0v) is 14.9. The molecular formula is C18H23N5O3. The predicted molar refractivity (Wildman–Crippen MR) is 93.9 cm³/mol. The molecule has 2 amide bonds. The monoisotopic (exact) mass is 357 g/mol. The average molecular weight is 357 g/mol. The van der Waals surface area contributed by atoms with Crippen LogP contribution in [-0.4, -0.2) is 48.0 Å². The van der Waals surface area contributed by atoms with Crippen molar-refractivity contribution in [1.29, 1.82) is 0 Å². The molecule has 138 valence electrons. The Kier molecular flexibility index (Phi) is 4.26. The van der Waals surface area contributed by atoms with E-state index in [1.165, 1.54) is 4.90 Å². The van der Waals surface area contributed by atoms with Gasteiger partial charge in [-0.15, -0.1) is 0 Å². The van der Waals surface area contributed by atoms with Crippen molar-refractivity contribution < 1.29 is 14.1 Å². The molecule has 2 heterocycles. The van der Waals surface area contributed by atoms with Gasteiger partial charge >= 0.3 is 0 Å². The Balaban J connectivity index is 1.28. The Morgan fingerprint density at radius 3 is 2.54 bits per heavy atom. The number of imide groups is 1. The molecule has 4 unspecified atom stereocenters. The predicted octanol–water partition coefficient (Wildman–Crippen LogP) is 0.455. The molecular weight excluding hydrogens is 334 g/mol. The number of aliphatic imine (C=N–C) groups is 1. The molecule has 2 bridgehead atoms. The average Bonchev–Trinajstić information content (AvgIpc) is 3.38. The van der Waals surface area contributed by atoms with Gasteiger partial charge in [0.2, 0.25) is 11.8 Å². The van der Waals surface area contributed by atoms with E-state index in [-0.39, 0.29) is 35.5 Å². The molecule has 2 N–H and O–H groups in total. The van der Waals surface area contributed by atoms with E-state index in [0.29, 0.717) is 31.4 Å². The van der Waals surface area contributed by atoms with Gasteiger partial charge in [-0.2, -0.15) is 0 Å². The summed E-state index contributed by atoms with van der Waals surface area (Å²) in [5.74, 6) is 1.50. The first-order chi connectivity index (χ1) is 12.6. The highest BCUT2D eigenvalue weighted by Crippen LogP contribution is 2.52. The summed E-state index contributed by atoms with van der Waals surface area (Å²) in [4.78, 5) is 30.8. The zero-order valence-electron chi connectivity index (χ0n) is 14.9. The van der Waals surface area contributed by atoms with E-state index in [0.717, 1.165) is 12.1 Å². The summed E-state index contributed by atoms with van der Waals surface area (Å²) in [6.45, 7) is 3.13. The van der Waals surface area contributed by atoms with Crippen molar-refractivity contribution >= 4 is 17.8 Å². The fraction of sp³-hybridized carbons (Fsp3) is 0.556. The van der Waals surface area contributed by atoms with Crippen LogP contribution in [0.25, 0.3) is 0 Å². The number of likely N-dealkylation sites (tertiary alicyclic amines) is 1. The quantitative estimate of drug-likeness (QED) is 0.344. The van der Waals surface area contributed by atoms with Crippen molar-refractivity contribution in [3.63, 3.8) is 0 Å². The van der Waals surface area contributed by atoms with Crippen LogP contribution in [0.5, 0.6) is 0 Å². The molecule has 0 spiro atoms. The second-order valence-corrected chi connectivity index (χ2v) is 7.12. The number of guanidine groups is 1. The van der Waals surface area contributed by atoms with Gasteiger partial charge < -0.3 is 15.2 Å². The molecule has 8 nitrogen and oxygen atoms in total. The van der Waals surface area contributed by atoms with E-state index in [1.807, 2.05) is 13.0 Å². The minimum absolute atomic E-state index is 0.0151. The Hall–Kier alpha value is -2.64. The minimum atomic E-state index is -0.135. The van der Waals surface area contributed by atoms with E-state index < -0.39 is 0 Å². The third-order valence-electron chi connectivity index (χ3n) is 5.52. The molecule has 1 aromatic heterocycles. The number of nitrogens with one attached hydrogen (secondary N) is 2. The Morgan fingerprint density at radius 1 is 1.27 bits per heavy atom. The van der Waals surface area contributed by atoms with Crippen LogP contribution < -0.4 is 10.6 Å². The van der Waals surface area contributed by atoms with Gasteiger partial charge in [0.05, 0.1) is 24.1 Å². The second kappa shape index (κ2) is 6.59. The number of amides is 2. The molecule has 1 aliphatic heterocycles. The van der Waals surface area contributed by atoms with Gasteiger partial charge in [0.1, 0.15) is 0 Å². The van der Waals surface area contributed by atoms with Gasteiger partial charge in [-0.3, -0.25) is 19.5 Å². The molecule has 0 radical (unpaired) electrons. The number of hydrogen-bond acceptors (Lipinski definition) is 5. The Labute approximate surface area is 151 Å². The SMILES string of the molecule is CN=C(NCCN1C(=O)C2C3C=CC(C3)C2C1=O)NCc1cc(C)no1. The van der Waals surface area contributed by atoms with Crippen LogP contribution in [0.4, 0.5) is 0 Å². The third kappa shape index (κ3) is 2.79. The van der Waals surface area contributed by atoms with Gasteiger partial charge in [-0.25, -0.2) is 0 Å². The van der Waals surface area contributed by atoms with Crippen molar-refractivity contribution in [1.82, 2.24) is 20.7 Å². The van der Waals surface area contributed by atoms with Crippen LogP contribution in [0.15, 0.2) is 27.7 Å². The lowest BCUT2D eigenvalue weighted by Gasteiger charge is -2.18. The van der Waals surface area contributed by atoms with E-state index in [4.69, 9.17) is 4.52 Å². The largest absolute Gasteiger partial charge is 0.359 e. The first-order valence-electron chi connectivity index (χ1n) is 8.98. The smallest absolute Gasteiger partial charge is 0.233 e. The van der Waals surface area contributed by atoms with Gasteiger partial charge in [-0.1, -0.05) is 17.3 Å². The highest BCUT2D eigenvalue weighted by molar-refractivity contribution is 6.06. The number of carbonyl (C=O) groups excluding carboxylic acids is 2. The lowest BCUT2D eigenvalue weighted by molar-refractivity contribution is -0.140. The molecule has 0 aromatic carbocycles. The lowest BCUT2D eigenvalue weighted by atomic mass is 9.85. The molecule has 3 aliphatic rings. The molecule has 4 atom stereocenters. The number of carbonyl (C=O) groups is 2. The maximum Gasteiger partial charge on any atom is 0.233 e. The molecule has 2 aliphatic carbocycles. The van der Waals surface area contributed by atoms with Crippen LogP contribution >= 0.6 is 0 Å². The van der Waals surface area contributed by atoms with Crippen molar-refractivity contribution in [2.45, 2.75) is 19.9 Å². The van der Waals surface area contributed by atoms with Crippen LogP contribution in [-0.2, 0) is 16.1 Å². The van der Waals surface area contributed by atoms with E-state index in [9.17, 15) is 9.59 Å². The minimum Gasteiger partial charge on any atom is -0.359 e. The second-order valence-electron chi connectivity index (χ2n) is 7.12. The maximum atomic E-state index is 12.6. The summed E-state index contributed by atoms with van der Waals surface area (Å²) in [6, 6.07) is 1.85. The van der Waals surface area contributed by atoms with E-state index in [1.54, 1.807) is 7.05 Å². The van der Waals surface area contributed by atoms with E-state index >= 15 is 0 Å². The zero-order chi connectivity index (χ0) is 18.3. The molecule has 1 saturated heterocycles. The maximum absolute atomic E-state index is 12.6. The molecule has 2 fully saturated rings. The normalized spacial score (nSPS) is 29.6. The number of aryl methyl sites for hydroxylation is 1. The molecule has 26 heavy (non-hydrogen) atoms. The summed E-state index contributed by atoms with van der Waals surface area (Å²) in [5.41, 5.74) is 0.824. The standard InChI is InChI=1S/C18H23N5O3/c1-10-7-13(26-22-10)9-21-18(19-2)20-5-6-23-16(24)14-11-3-4-12(8-11)15(14)17(23)25/h3-4,7,11-12,14-15H,5-6,8-9H2,1-2H3,(H2,19,20,21). The summed E-state index contributed by atoms with van der Waals surface area (Å²) in [5, 5.41) is 10.1. The summed E-state index contributed by atoms with van der Waals surface area (Å²) >= 11 is 0. The number of hydrogen-bond donors (Lipinski definition) is 2. The highest BCUT2D eigenvalue weighted by Gasteiger charge is 2.58. The van der Waals surface area contributed by atoms with Crippen LogP contribution in [0.1, 0.15) is 17.9 Å². The topological polar surface area (TPSA) is 99.8 Å². The first kappa shape index (κ1) is 16.8. The van der Waals surface area contributed by atoms with Crippen molar-refractivity contribution in [2.24, 2.45) is 28.7 Å². The van der Waals surface area contributed by atoms with Gasteiger partial charge in [-0.05, 0) is 25.2 Å². The fourth-order valence-corrected chi connectivity index (χ4v) is 4.36. The number of fused-ring (bicyclic) bond motifs is 5. The number of allylic oxidation sites excluding steroid dienone is 2. The Bertz CT molecular complexity index is 754. The first-order valence-corrected chi connectivity index (χ1v) is 8.98. The third-order valence-corrected chi connectivity index (χ3v) is 5.52. The summed E-state index contributed by atoms with van der Waals surface area (Å²) in [7, 11) is 1.67. The van der Waals surface area contributed by atoms with E-state index in [2.05, 4.69) is 32.9 Å². The molecule has 1 aromatic rings. The fourth-order valence-electron chi connectivity index (χ4n) is 4.36. The van der Waals surface area contributed by atoms with Gasteiger partial charge in [0.15, 0.2) is 11.7 Å². The van der Waals surface area contributed by atoms with Crippen molar-refractivity contribution in [3.05, 3.63) is 29.7 Å². The highest BCUT2D eigenvalue weighted by atomic mass is 16.5. The molecule has 4 rings (SSSR count). The molecule has 8 heteroatoms. The summed E-state index contributed by atoms with van der Waals surface area (Å²) in [6.07, 6.45) is 5.17. The number of aromatic nitrogens is 1. The Morgan fingerprint density at radius 2 is 1.96 bits per heavy atom. The number of nitrogens with zero attached hydrogens (tertiary/aromatic N) is 3. The summed E-state index contributed by atoms with van der Waals surface area (Å²) < 4.78 is 5.14. The van der Waals surface area contributed by atoms with Gasteiger partial charge in [0.25, 0.3) is 0 Å².